The Morgan fingerprint density at radius 3 is 2.92 bits per heavy atom. The van der Waals surface area contributed by atoms with Crippen molar-refractivity contribution in [3.05, 3.63) is 42.0 Å². The second-order valence-corrected chi connectivity index (χ2v) is 6.30. The minimum Gasteiger partial charge on any atom is -0.379 e. The summed E-state index contributed by atoms with van der Waals surface area (Å²) in [6.45, 7) is 0.452. The highest BCUT2D eigenvalue weighted by atomic mass is 16.5. The van der Waals surface area contributed by atoms with Crippen LogP contribution in [0.1, 0.15) is 35.3 Å². The average Bonchev–Trinajstić information content (AvgIpc) is 3.22. The number of nitrogens with zero attached hydrogens (tertiary/aromatic N) is 3. The summed E-state index contributed by atoms with van der Waals surface area (Å²) in [4.78, 5) is 28.6. The van der Waals surface area contributed by atoms with E-state index in [1.165, 1.54) is 6.20 Å². The molecule has 2 aromatic rings. The maximum Gasteiger partial charge on any atom is 0.273 e. The highest BCUT2D eigenvalue weighted by molar-refractivity contribution is 5.92. The van der Waals surface area contributed by atoms with E-state index >= 15 is 0 Å². The number of aromatic nitrogens is 4. The van der Waals surface area contributed by atoms with Crippen molar-refractivity contribution in [1.82, 2.24) is 31.0 Å². The lowest BCUT2D eigenvalue weighted by Crippen LogP contribution is -2.49. The molecule has 0 unspecified atom stereocenters. The van der Waals surface area contributed by atoms with Crippen molar-refractivity contribution >= 4 is 11.8 Å². The number of ether oxygens (including phenoxy) is 1. The fraction of sp³-hybridized carbons (Fsp3) is 0.471. The summed E-state index contributed by atoms with van der Waals surface area (Å²) in [5.41, 5.74) is 1.19. The summed E-state index contributed by atoms with van der Waals surface area (Å²) in [5, 5.41) is 15.7. The first-order valence-electron chi connectivity index (χ1n) is 8.53. The van der Waals surface area contributed by atoms with Gasteiger partial charge in [0, 0.05) is 32.0 Å². The van der Waals surface area contributed by atoms with E-state index < -0.39 is 0 Å². The van der Waals surface area contributed by atoms with Crippen LogP contribution >= 0.6 is 0 Å². The van der Waals surface area contributed by atoms with Crippen LogP contribution in [0.5, 0.6) is 0 Å². The van der Waals surface area contributed by atoms with Crippen LogP contribution in [0.15, 0.2) is 30.7 Å². The van der Waals surface area contributed by atoms with E-state index in [9.17, 15) is 9.59 Å². The van der Waals surface area contributed by atoms with Crippen LogP contribution in [0.4, 0.5) is 0 Å². The monoisotopic (exact) mass is 358 g/mol. The molecule has 1 aliphatic carbocycles. The van der Waals surface area contributed by atoms with E-state index in [1.807, 2.05) is 12.1 Å². The maximum absolute atomic E-state index is 12.5. The zero-order valence-corrected chi connectivity index (χ0v) is 14.5. The number of carbonyl (C=O) groups is 2. The third-order valence-corrected chi connectivity index (χ3v) is 4.62. The minimum absolute atomic E-state index is 0.00261. The normalized spacial score (nSPS) is 22.6. The number of methoxy groups -OCH3 is 1. The topological polar surface area (TPSA) is 122 Å². The number of amides is 2. The van der Waals surface area contributed by atoms with Gasteiger partial charge in [-0.25, -0.2) is 0 Å². The molecule has 9 nitrogen and oxygen atoms in total. The summed E-state index contributed by atoms with van der Waals surface area (Å²) in [6, 6.07) is 3.60. The van der Waals surface area contributed by atoms with Crippen molar-refractivity contribution in [3.63, 3.8) is 0 Å². The molecule has 138 valence electrons. The second kappa shape index (κ2) is 8.52. The van der Waals surface area contributed by atoms with Gasteiger partial charge in [-0.1, -0.05) is 6.07 Å². The number of hydrogen-bond acceptors (Lipinski definition) is 6. The Morgan fingerprint density at radius 2 is 2.23 bits per heavy atom. The van der Waals surface area contributed by atoms with Gasteiger partial charge in [-0.05, 0) is 30.9 Å². The third kappa shape index (κ3) is 4.42. The molecule has 0 aliphatic heterocycles. The predicted octanol–water partition coefficient (Wildman–Crippen LogP) is 0.430. The average molecular weight is 358 g/mol. The van der Waals surface area contributed by atoms with E-state index in [0.29, 0.717) is 25.8 Å². The van der Waals surface area contributed by atoms with Crippen LogP contribution in [-0.2, 0) is 16.1 Å². The number of pyridine rings is 1. The van der Waals surface area contributed by atoms with E-state index in [-0.39, 0.29) is 35.6 Å². The molecule has 3 N–H and O–H groups in total. The van der Waals surface area contributed by atoms with Crippen LogP contribution in [0.2, 0.25) is 0 Å². The zero-order chi connectivity index (χ0) is 18.4. The lowest BCUT2D eigenvalue weighted by atomic mass is 9.83. The Bertz CT molecular complexity index is 721. The van der Waals surface area contributed by atoms with E-state index in [4.69, 9.17) is 4.74 Å². The van der Waals surface area contributed by atoms with Crippen LogP contribution in [-0.4, -0.2) is 51.5 Å². The molecule has 3 atom stereocenters. The van der Waals surface area contributed by atoms with Crippen LogP contribution in [0, 0.1) is 5.92 Å². The molecule has 0 saturated heterocycles. The standard InChI is InChI=1S/C17H22N6O3/c1-26-15-7-12(16(24)19-9-11-3-2-6-18-8-11)4-5-13(15)21-17(25)14-10-20-23-22-14/h2-3,6,8,10,12-13,15H,4-5,7,9H2,1H3,(H,19,24)(H,21,25)(H,20,22,23)/t12-,13+,15+/m0/s1. The van der Waals surface area contributed by atoms with E-state index in [0.717, 1.165) is 5.56 Å². The van der Waals surface area contributed by atoms with E-state index in [1.54, 1.807) is 19.5 Å². The fourth-order valence-corrected chi connectivity index (χ4v) is 3.18. The summed E-state index contributed by atoms with van der Waals surface area (Å²) in [5.74, 6) is -0.445. The smallest absolute Gasteiger partial charge is 0.273 e. The zero-order valence-electron chi connectivity index (χ0n) is 14.5. The second-order valence-electron chi connectivity index (χ2n) is 6.30. The van der Waals surface area contributed by atoms with Gasteiger partial charge in [-0.2, -0.15) is 15.4 Å². The minimum atomic E-state index is -0.301. The number of carbonyl (C=O) groups excluding carboxylic acids is 2. The van der Waals surface area contributed by atoms with Gasteiger partial charge < -0.3 is 15.4 Å². The van der Waals surface area contributed by atoms with Gasteiger partial charge in [0.05, 0.1) is 18.3 Å². The lowest BCUT2D eigenvalue weighted by molar-refractivity contribution is -0.128. The van der Waals surface area contributed by atoms with Gasteiger partial charge in [0.15, 0.2) is 5.69 Å². The molecular formula is C17H22N6O3. The Balaban J connectivity index is 1.52. The molecule has 2 heterocycles. The fourth-order valence-electron chi connectivity index (χ4n) is 3.18. The van der Waals surface area contributed by atoms with Crippen molar-refractivity contribution in [3.8, 4) is 0 Å². The molecule has 9 heteroatoms. The van der Waals surface area contributed by atoms with E-state index in [2.05, 4.69) is 31.0 Å². The molecule has 1 fully saturated rings. The molecule has 2 amide bonds. The van der Waals surface area contributed by atoms with Crippen molar-refractivity contribution in [2.24, 2.45) is 5.92 Å². The Hall–Kier alpha value is -2.81. The third-order valence-electron chi connectivity index (χ3n) is 4.62. The highest BCUT2D eigenvalue weighted by Crippen LogP contribution is 2.27. The van der Waals surface area contributed by atoms with Gasteiger partial charge >= 0.3 is 0 Å². The van der Waals surface area contributed by atoms with Gasteiger partial charge in [-0.15, -0.1) is 0 Å². The first-order chi connectivity index (χ1) is 12.7. The summed E-state index contributed by atoms with van der Waals surface area (Å²) >= 11 is 0. The summed E-state index contributed by atoms with van der Waals surface area (Å²) in [6.07, 6.45) is 6.47. The predicted molar refractivity (Wildman–Crippen MR) is 91.9 cm³/mol. The first-order valence-corrected chi connectivity index (χ1v) is 8.53. The SMILES string of the molecule is CO[C@@H]1C[C@@H](C(=O)NCc2cccnc2)CC[C@H]1NC(=O)c1cn[nH]n1. The molecule has 1 aliphatic rings. The Labute approximate surface area is 150 Å². The Kier molecular flexibility index (Phi) is 5.90. The molecule has 0 radical (unpaired) electrons. The maximum atomic E-state index is 12.5. The van der Waals surface area contributed by atoms with Crippen LogP contribution < -0.4 is 10.6 Å². The number of nitrogens with one attached hydrogen (secondary N) is 3. The van der Waals surface area contributed by atoms with Crippen molar-refractivity contribution in [1.29, 1.82) is 0 Å². The molecular weight excluding hydrogens is 336 g/mol. The molecule has 0 spiro atoms. The number of rotatable bonds is 6. The quantitative estimate of drug-likeness (QED) is 0.688. The molecule has 0 aromatic carbocycles. The largest absolute Gasteiger partial charge is 0.379 e. The molecule has 3 rings (SSSR count). The number of H-pyrrole nitrogens is 1. The molecule has 0 bridgehead atoms. The number of aromatic amines is 1. The van der Waals surface area contributed by atoms with Gasteiger partial charge in [0.2, 0.25) is 5.91 Å². The molecule has 2 aromatic heterocycles. The highest BCUT2D eigenvalue weighted by Gasteiger charge is 2.35. The summed E-state index contributed by atoms with van der Waals surface area (Å²) in [7, 11) is 1.59. The van der Waals surface area contributed by atoms with Gasteiger partial charge in [0.25, 0.3) is 5.91 Å². The molecule has 26 heavy (non-hydrogen) atoms. The van der Waals surface area contributed by atoms with Crippen molar-refractivity contribution in [2.45, 2.75) is 38.0 Å². The lowest BCUT2D eigenvalue weighted by Gasteiger charge is -2.34. The van der Waals surface area contributed by atoms with Crippen LogP contribution in [0.25, 0.3) is 0 Å². The summed E-state index contributed by atoms with van der Waals surface area (Å²) < 4.78 is 5.52. The molecule has 1 saturated carbocycles. The Morgan fingerprint density at radius 1 is 1.35 bits per heavy atom. The van der Waals surface area contributed by atoms with Gasteiger partial charge in [0.1, 0.15) is 0 Å². The number of hydrogen-bond donors (Lipinski definition) is 3. The first kappa shape index (κ1) is 18.0. The van der Waals surface area contributed by atoms with Gasteiger partial charge in [-0.3, -0.25) is 14.6 Å². The van der Waals surface area contributed by atoms with Crippen molar-refractivity contribution < 1.29 is 14.3 Å². The van der Waals surface area contributed by atoms with Crippen LogP contribution in [0.3, 0.4) is 0 Å². The van der Waals surface area contributed by atoms with Crippen molar-refractivity contribution in [2.75, 3.05) is 7.11 Å².